The Morgan fingerprint density at radius 3 is 2.48 bits per heavy atom. The van der Waals surface area contributed by atoms with Crippen LogP contribution in [-0.4, -0.2) is 26.9 Å². The van der Waals surface area contributed by atoms with E-state index in [0.29, 0.717) is 18.5 Å². The molecule has 21 heavy (non-hydrogen) atoms. The van der Waals surface area contributed by atoms with Gasteiger partial charge in [-0.15, -0.1) is 12.4 Å². The number of nitrogens with one attached hydrogen (secondary N) is 2. The zero-order valence-corrected chi connectivity index (χ0v) is 13.4. The second-order valence-corrected chi connectivity index (χ2v) is 6.94. The van der Waals surface area contributed by atoms with Crippen molar-refractivity contribution < 1.29 is 13.2 Å². The SMILES string of the molecule is CNS(=O)(=O)c1cccc(NC(=O)C2(N)CCCC2)c1.Cl. The summed E-state index contributed by atoms with van der Waals surface area (Å²) in [4.78, 5) is 12.3. The van der Waals surface area contributed by atoms with E-state index in [2.05, 4.69) is 10.0 Å². The second-order valence-electron chi connectivity index (χ2n) is 5.05. The molecule has 8 heteroatoms. The van der Waals surface area contributed by atoms with E-state index in [1.54, 1.807) is 12.1 Å². The molecule has 1 aliphatic carbocycles. The minimum absolute atomic E-state index is 0. The molecule has 1 saturated carbocycles. The van der Waals surface area contributed by atoms with Gasteiger partial charge in [-0.25, -0.2) is 13.1 Å². The summed E-state index contributed by atoms with van der Waals surface area (Å²) in [6, 6.07) is 6.11. The molecule has 0 heterocycles. The Labute approximate surface area is 130 Å². The zero-order chi connectivity index (χ0) is 14.8. The summed E-state index contributed by atoms with van der Waals surface area (Å²) < 4.78 is 25.7. The van der Waals surface area contributed by atoms with Crippen LogP contribution in [0.5, 0.6) is 0 Å². The lowest BCUT2D eigenvalue weighted by Crippen LogP contribution is -2.48. The van der Waals surface area contributed by atoms with E-state index < -0.39 is 15.6 Å². The first kappa shape index (κ1) is 17.9. The number of hydrogen-bond acceptors (Lipinski definition) is 4. The van der Waals surface area contributed by atoms with Crippen molar-refractivity contribution in [3.05, 3.63) is 24.3 Å². The predicted molar refractivity (Wildman–Crippen MR) is 84.0 cm³/mol. The molecule has 0 aliphatic heterocycles. The third-order valence-corrected chi connectivity index (χ3v) is 5.03. The van der Waals surface area contributed by atoms with E-state index in [0.717, 1.165) is 12.8 Å². The molecule has 1 aromatic carbocycles. The normalized spacial score (nSPS) is 17.0. The van der Waals surface area contributed by atoms with E-state index in [9.17, 15) is 13.2 Å². The number of benzene rings is 1. The first-order valence-corrected chi connectivity index (χ1v) is 8.00. The highest BCUT2D eigenvalue weighted by atomic mass is 35.5. The number of carbonyl (C=O) groups is 1. The number of nitrogens with two attached hydrogens (primary N) is 1. The average Bonchev–Trinajstić information content (AvgIpc) is 2.87. The molecule has 6 nitrogen and oxygen atoms in total. The Balaban J connectivity index is 0.00000220. The van der Waals surface area contributed by atoms with E-state index in [1.165, 1.54) is 19.2 Å². The van der Waals surface area contributed by atoms with Crippen LogP contribution in [0.25, 0.3) is 0 Å². The van der Waals surface area contributed by atoms with Gasteiger partial charge < -0.3 is 11.1 Å². The molecule has 1 aliphatic rings. The molecule has 0 radical (unpaired) electrons. The fourth-order valence-electron chi connectivity index (χ4n) is 2.35. The van der Waals surface area contributed by atoms with Gasteiger partial charge in [-0.05, 0) is 38.1 Å². The average molecular weight is 334 g/mol. The third-order valence-electron chi connectivity index (χ3n) is 3.62. The molecule has 0 spiro atoms. The molecule has 1 amide bonds. The van der Waals surface area contributed by atoms with Crippen LogP contribution in [0.3, 0.4) is 0 Å². The smallest absolute Gasteiger partial charge is 0.244 e. The van der Waals surface area contributed by atoms with Crippen molar-refractivity contribution in [2.75, 3.05) is 12.4 Å². The maximum Gasteiger partial charge on any atom is 0.244 e. The standard InChI is InChI=1S/C13H19N3O3S.ClH/c1-15-20(18,19)11-6-4-5-10(9-11)16-12(17)13(14)7-2-3-8-13;/h4-6,9,15H,2-3,7-8,14H2,1H3,(H,16,17);1H. The van der Waals surface area contributed by atoms with Crippen molar-refractivity contribution in [3.63, 3.8) is 0 Å². The van der Waals surface area contributed by atoms with Crippen molar-refractivity contribution in [1.82, 2.24) is 4.72 Å². The van der Waals surface area contributed by atoms with E-state index in [-0.39, 0.29) is 23.2 Å². The highest BCUT2D eigenvalue weighted by Gasteiger charge is 2.37. The van der Waals surface area contributed by atoms with E-state index in [4.69, 9.17) is 5.73 Å². The number of rotatable bonds is 4. The minimum Gasteiger partial charge on any atom is -0.324 e. The van der Waals surface area contributed by atoms with Crippen molar-refractivity contribution in [3.8, 4) is 0 Å². The van der Waals surface area contributed by atoms with Crippen molar-refractivity contribution in [1.29, 1.82) is 0 Å². The summed E-state index contributed by atoms with van der Waals surface area (Å²) in [6.07, 6.45) is 3.21. The molecule has 2 rings (SSSR count). The number of sulfonamides is 1. The number of amides is 1. The molecule has 1 fully saturated rings. The van der Waals surface area contributed by atoms with Gasteiger partial charge in [-0.2, -0.15) is 0 Å². The summed E-state index contributed by atoms with van der Waals surface area (Å²) in [5, 5.41) is 2.70. The molecule has 0 unspecified atom stereocenters. The molecule has 0 aromatic heterocycles. The Morgan fingerprint density at radius 1 is 1.29 bits per heavy atom. The van der Waals surface area contributed by atoms with Gasteiger partial charge in [0.15, 0.2) is 0 Å². The van der Waals surface area contributed by atoms with Gasteiger partial charge >= 0.3 is 0 Å². The Kier molecular flexibility index (Phi) is 5.75. The lowest BCUT2D eigenvalue weighted by Gasteiger charge is -2.22. The van der Waals surface area contributed by atoms with Crippen LogP contribution in [0.15, 0.2) is 29.2 Å². The van der Waals surface area contributed by atoms with Crippen LogP contribution in [0.2, 0.25) is 0 Å². The van der Waals surface area contributed by atoms with Crippen LogP contribution < -0.4 is 15.8 Å². The van der Waals surface area contributed by atoms with Gasteiger partial charge in [0.1, 0.15) is 0 Å². The second kappa shape index (κ2) is 6.74. The highest BCUT2D eigenvalue weighted by molar-refractivity contribution is 7.89. The number of hydrogen-bond donors (Lipinski definition) is 3. The molecule has 0 bridgehead atoms. The summed E-state index contributed by atoms with van der Waals surface area (Å²) in [5.74, 6) is -0.256. The number of carbonyl (C=O) groups excluding carboxylic acids is 1. The highest BCUT2D eigenvalue weighted by Crippen LogP contribution is 2.28. The molecule has 1 aromatic rings. The molecule has 4 N–H and O–H groups in total. The first-order valence-electron chi connectivity index (χ1n) is 6.51. The zero-order valence-electron chi connectivity index (χ0n) is 11.8. The Bertz CT molecular complexity index is 613. The summed E-state index contributed by atoms with van der Waals surface area (Å²) in [6.45, 7) is 0. The summed E-state index contributed by atoms with van der Waals surface area (Å²) in [5.41, 5.74) is 5.66. The van der Waals surface area contributed by atoms with E-state index >= 15 is 0 Å². The van der Waals surface area contributed by atoms with Crippen molar-refractivity contribution in [2.24, 2.45) is 5.73 Å². The van der Waals surface area contributed by atoms with Crippen LogP contribution in [-0.2, 0) is 14.8 Å². The first-order chi connectivity index (χ1) is 9.37. The molecular formula is C13H20ClN3O3S. The van der Waals surface area contributed by atoms with Gasteiger partial charge in [0.05, 0.1) is 10.4 Å². The van der Waals surface area contributed by atoms with Crippen molar-refractivity contribution >= 4 is 34.0 Å². The van der Waals surface area contributed by atoms with Gasteiger partial charge in [0.25, 0.3) is 0 Å². The fraction of sp³-hybridized carbons (Fsp3) is 0.462. The topological polar surface area (TPSA) is 101 Å². The summed E-state index contributed by atoms with van der Waals surface area (Å²) in [7, 11) is -2.18. The maximum atomic E-state index is 12.2. The number of halogens is 1. The quantitative estimate of drug-likeness (QED) is 0.771. The monoisotopic (exact) mass is 333 g/mol. The van der Waals surface area contributed by atoms with Crippen molar-refractivity contribution in [2.45, 2.75) is 36.1 Å². The summed E-state index contributed by atoms with van der Waals surface area (Å²) >= 11 is 0. The molecule has 0 atom stereocenters. The maximum absolute atomic E-state index is 12.2. The van der Waals surface area contributed by atoms with Crippen LogP contribution in [0, 0.1) is 0 Å². The lowest BCUT2D eigenvalue weighted by atomic mass is 9.98. The van der Waals surface area contributed by atoms with Crippen LogP contribution >= 0.6 is 12.4 Å². The Morgan fingerprint density at radius 2 is 1.90 bits per heavy atom. The third kappa shape index (κ3) is 3.94. The fourth-order valence-corrected chi connectivity index (χ4v) is 3.12. The Hall–Kier alpha value is -1.15. The van der Waals surface area contributed by atoms with Gasteiger partial charge in [0.2, 0.25) is 15.9 Å². The minimum atomic E-state index is -3.52. The molecular weight excluding hydrogens is 314 g/mol. The predicted octanol–water partition coefficient (Wildman–Crippen LogP) is 1.23. The van der Waals surface area contributed by atoms with Crippen LogP contribution in [0.4, 0.5) is 5.69 Å². The lowest BCUT2D eigenvalue weighted by molar-refractivity contribution is -0.121. The largest absolute Gasteiger partial charge is 0.324 e. The van der Waals surface area contributed by atoms with Gasteiger partial charge in [0, 0.05) is 5.69 Å². The number of anilines is 1. The van der Waals surface area contributed by atoms with Gasteiger partial charge in [-0.3, -0.25) is 4.79 Å². The molecule has 118 valence electrons. The van der Waals surface area contributed by atoms with Gasteiger partial charge in [-0.1, -0.05) is 18.9 Å². The van der Waals surface area contributed by atoms with E-state index in [1.807, 2.05) is 0 Å². The van der Waals surface area contributed by atoms with Crippen LogP contribution in [0.1, 0.15) is 25.7 Å². The molecule has 0 saturated heterocycles.